The largest absolute Gasteiger partial charge is 0.506 e. The predicted molar refractivity (Wildman–Crippen MR) is 122 cm³/mol. The van der Waals surface area contributed by atoms with Crippen LogP contribution < -0.4 is 5.32 Å². The van der Waals surface area contributed by atoms with Crippen LogP contribution in [0.25, 0.3) is 28.0 Å². The van der Waals surface area contributed by atoms with E-state index < -0.39 is 0 Å². The third-order valence-corrected chi connectivity index (χ3v) is 6.57. The fourth-order valence-corrected chi connectivity index (χ4v) is 4.74. The number of phenols is 1. The van der Waals surface area contributed by atoms with Crippen LogP contribution >= 0.6 is 11.6 Å². The molecule has 0 spiro atoms. The van der Waals surface area contributed by atoms with Crippen molar-refractivity contribution < 1.29 is 5.11 Å². The highest BCUT2D eigenvalue weighted by Gasteiger charge is 2.33. The van der Waals surface area contributed by atoms with Gasteiger partial charge in [0.1, 0.15) is 11.4 Å². The summed E-state index contributed by atoms with van der Waals surface area (Å²) in [6, 6.07) is 12.1. The van der Waals surface area contributed by atoms with Crippen LogP contribution in [0.3, 0.4) is 0 Å². The number of hydrogen-bond donors (Lipinski definition) is 2. The second-order valence-corrected chi connectivity index (χ2v) is 8.54. The lowest BCUT2D eigenvalue weighted by Crippen LogP contribution is -2.28. The van der Waals surface area contributed by atoms with Gasteiger partial charge in [0, 0.05) is 42.2 Å². The van der Waals surface area contributed by atoms with Crippen LogP contribution in [0.1, 0.15) is 38.3 Å². The Kier molecular flexibility index (Phi) is 5.12. The van der Waals surface area contributed by atoms with Crippen LogP contribution in [0.2, 0.25) is 5.02 Å². The minimum atomic E-state index is 0.0368. The van der Waals surface area contributed by atoms with Crippen LogP contribution in [0.5, 0.6) is 5.75 Å². The highest BCUT2D eigenvalue weighted by molar-refractivity contribution is 6.32. The van der Waals surface area contributed by atoms with Crippen LogP contribution in [0.15, 0.2) is 55.0 Å². The van der Waals surface area contributed by atoms with E-state index in [9.17, 15) is 5.11 Å². The van der Waals surface area contributed by atoms with Gasteiger partial charge in [0.15, 0.2) is 5.65 Å². The van der Waals surface area contributed by atoms with Gasteiger partial charge in [-0.1, -0.05) is 24.6 Å². The van der Waals surface area contributed by atoms with Crippen LogP contribution in [-0.2, 0) is 0 Å². The number of aromatic hydroxyl groups is 1. The van der Waals surface area contributed by atoms with Gasteiger partial charge < -0.3 is 10.4 Å². The summed E-state index contributed by atoms with van der Waals surface area (Å²) in [7, 11) is 0. The Morgan fingerprint density at radius 2 is 1.94 bits per heavy atom. The fraction of sp³-hybridized carbons (Fsp3) is 0.292. The quantitative estimate of drug-likeness (QED) is 0.470. The van der Waals surface area contributed by atoms with E-state index in [0.717, 1.165) is 46.6 Å². The minimum absolute atomic E-state index is 0.0368. The summed E-state index contributed by atoms with van der Waals surface area (Å²) in [4.78, 5) is 8.85. The second kappa shape index (κ2) is 7.94. The third-order valence-electron chi connectivity index (χ3n) is 6.25. The summed E-state index contributed by atoms with van der Waals surface area (Å²) in [6.07, 6.45) is 7.54. The number of rotatable bonds is 4. The lowest BCUT2D eigenvalue weighted by Gasteiger charge is -2.16. The fourth-order valence-electron chi connectivity index (χ4n) is 4.62. The van der Waals surface area contributed by atoms with Crippen molar-refractivity contribution in [1.82, 2.24) is 24.9 Å². The Morgan fingerprint density at radius 1 is 1.13 bits per heavy atom. The molecule has 4 heterocycles. The maximum absolute atomic E-state index is 10.3. The van der Waals surface area contributed by atoms with Crippen molar-refractivity contribution in [3.05, 3.63) is 65.7 Å². The molecule has 158 valence electrons. The van der Waals surface area contributed by atoms with Gasteiger partial charge in [-0.3, -0.25) is 4.98 Å². The number of nitrogens with one attached hydrogen (secondary N) is 1. The van der Waals surface area contributed by atoms with Crippen molar-refractivity contribution in [3.8, 4) is 28.1 Å². The monoisotopic (exact) mass is 433 g/mol. The number of fused-ring (bicyclic) bond motifs is 1. The summed E-state index contributed by atoms with van der Waals surface area (Å²) in [6.45, 7) is 4.45. The number of nitrogens with zero attached hydrogens (tertiary/aromatic N) is 4. The number of phenolic OH excluding ortho intramolecular Hbond substituents is 1. The first-order valence-electron chi connectivity index (χ1n) is 10.6. The summed E-state index contributed by atoms with van der Waals surface area (Å²) >= 11 is 6.07. The Hall–Kier alpha value is -2.96. The van der Waals surface area contributed by atoms with Crippen molar-refractivity contribution in [2.75, 3.05) is 0 Å². The van der Waals surface area contributed by atoms with E-state index in [2.05, 4.69) is 30.2 Å². The summed E-state index contributed by atoms with van der Waals surface area (Å²) in [5.41, 5.74) is 5.33. The third kappa shape index (κ3) is 3.46. The smallest absolute Gasteiger partial charge is 0.163 e. The Balaban J connectivity index is 1.76. The van der Waals surface area contributed by atoms with E-state index in [0.29, 0.717) is 23.0 Å². The molecule has 0 saturated carbocycles. The van der Waals surface area contributed by atoms with E-state index in [1.807, 2.05) is 28.9 Å². The molecular weight excluding hydrogens is 410 g/mol. The summed E-state index contributed by atoms with van der Waals surface area (Å²) in [5.74, 6) is 0.377. The molecular formula is C24H24ClN5O. The first kappa shape index (κ1) is 20.0. The van der Waals surface area contributed by atoms with Crippen LogP contribution in [0, 0.1) is 0 Å². The average molecular weight is 434 g/mol. The molecule has 0 amide bonds. The van der Waals surface area contributed by atoms with Crippen LogP contribution in [0.4, 0.5) is 0 Å². The molecule has 0 bridgehead atoms. The van der Waals surface area contributed by atoms with Gasteiger partial charge in [-0.25, -0.2) is 9.50 Å². The molecule has 4 aromatic rings. The molecule has 1 aliphatic heterocycles. The summed E-state index contributed by atoms with van der Waals surface area (Å²) < 4.78 is 1.97. The van der Waals surface area contributed by atoms with Crippen molar-refractivity contribution in [2.45, 2.75) is 44.7 Å². The van der Waals surface area contributed by atoms with Gasteiger partial charge in [-0.2, -0.15) is 5.10 Å². The zero-order valence-electron chi connectivity index (χ0n) is 17.5. The van der Waals surface area contributed by atoms with E-state index in [1.54, 1.807) is 24.5 Å². The first-order chi connectivity index (χ1) is 15.1. The molecule has 1 saturated heterocycles. The Bertz CT molecular complexity index is 1240. The SMILES string of the molecule is CCC1CC(c2ccnc3c(-c4ccc(Cl)c(O)c4)c(-c4ccncc4)nn23)C(C)N1. The molecule has 1 fully saturated rings. The zero-order chi connectivity index (χ0) is 21.5. The zero-order valence-corrected chi connectivity index (χ0v) is 18.2. The minimum Gasteiger partial charge on any atom is -0.506 e. The average Bonchev–Trinajstić information content (AvgIpc) is 3.36. The second-order valence-electron chi connectivity index (χ2n) is 8.13. The Labute approximate surface area is 185 Å². The molecule has 31 heavy (non-hydrogen) atoms. The number of benzene rings is 1. The number of hydrogen-bond acceptors (Lipinski definition) is 5. The molecule has 7 heteroatoms. The van der Waals surface area contributed by atoms with Gasteiger partial charge in [-0.05, 0) is 55.7 Å². The van der Waals surface area contributed by atoms with Crippen molar-refractivity contribution >= 4 is 17.2 Å². The number of halogens is 1. The lowest BCUT2D eigenvalue weighted by atomic mass is 9.95. The highest BCUT2D eigenvalue weighted by atomic mass is 35.5. The molecule has 3 atom stereocenters. The van der Waals surface area contributed by atoms with Gasteiger partial charge in [0.05, 0.1) is 16.3 Å². The maximum Gasteiger partial charge on any atom is 0.163 e. The standard InChI is InChI=1S/C24H24ClN5O/c1-3-17-13-18(14(2)28-17)20-8-11-27-24-22(16-4-5-19(25)21(31)12-16)23(29-30(20)24)15-6-9-26-10-7-15/h4-12,14,17-18,28,31H,3,13H2,1-2H3. The maximum atomic E-state index is 10.3. The van der Waals surface area contributed by atoms with Crippen molar-refractivity contribution in [2.24, 2.45) is 0 Å². The molecule has 1 aliphatic rings. The molecule has 2 N–H and O–H groups in total. The van der Waals surface area contributed by atoms with E-state index in [1.165, 1.54) is 0 Å². The van der Waals surface area contributed by atoms with E-state index in [-0.39, 0.29) is 5.75 Å². The van der Waals surface area contributed by atoms with Gasteiger partial charge >= 0.3 is 0 Å². The molecule has 3 unspecified atom stereocenters. The summed E-state index contributed by atoms with van der Waals surface area (Å²) in [5, 5.41) is 19.3. The van der Waals surface area contributed by atoms with Crippen molar-refractivity contribution in [1.29, 1.82) is 0 Å². The molecule has 0 aliphatic carbocycles. The molecule has 5 rings (SSSR count). The van der Waals surface area contributed by atoms with Crippen molar-refractivity contribution in [3.63, 3.8) is 0 Å². The Morgan fingerprint density at radius 3 is 2.65 bits per heavy atom. The van der Waals surface area contributed by atoms with Gasteiger partial charge in [0.2, 0.25) is 0 Å². The molecule has 0 radical (unpaired) electrons. The normalized spacial score (nSPS) is 21.1. The van der Waals surface area contributed by atoms with Crippen LogP contribution in [-0.4, -0.2) is 36.8 Å². The van der Waals surface area contributed by atoms with Gasteiger partial charge in [-0.15, -0.1) is 0 Å². The number of aromatic nitrogens is 4. The van der Waals surface area contributed by atoms with E-state index in [4.69, 9.17) is 21.7 Å². The number of pyridine rings is 1. The molecule has 6 nitrogen and oxygen atoms in total. The van der Waals surface area contributed by atoms with E-state index >= 15 is 0 Å². The predicted octanol–water partition coefficient (Wildman–Crippen LogP) is 5.06. The topological polar surface area (TPSA) is 75.3 Å². The lowest BCUT2D eigenvalue weighted by molar-refractivity contribution is 0.476. The highest BCUT2D eigenvalue weighted by Crippen LogP contribution is 2.39. The molecule has 1 aromatic carbocycles. The molecule has 3 aromatic heterocycles. The van der Waals surface area contributed by atoms with Gasteiger partial charge in [0.25, 0.3) is 0 Å². The first-order valence-corrected chi connectivity index (χ1v) is 11.0.